The summed E-state index contributed by atoms with van der Waals surface area (Å²) in [4.78, 5) is 25.8. The van der Waals surface area contributed by atoms with Gasteiger partial charge in [-0.3, -0.25) is 9.59 Å². The molecule has 3 atom stereocenters. The van der Waals surface area contributed by atoms with Crippen LogP contribution in [0.4, 0.5) is 5.69 Å². The largest absolute Gasteiger partial charge is 0.497 e. The lowest BCUT2D eigenvalue weighted by atomic mass is 9.64. The first-order valence-electron chi connectivity index (χ1n) is 10.7. The molecule has 2 N–H and O–H groups in total. The van der Waals surface area contributed by atoms with Crippen molar-refractivity contribution in [1.29, 1.82) is 0 Å². The molecule has 0 radical (unpaired) electrons. The van der Waals surface area contributed by atoms with Gasteiger partial charge in [-0.05, 0) is 62.7 Å². The van der Waals surface area contributed by atoms with Gasteiger partial charge in [0.15, 0.2) is 17.3 Å². The molecule has 0 bridgehead atoms. The van der Waals surface area contributed by atoms with E-state index in [2.05, 4.69) is 5.32 Å². The second-order valence-electron chi connectivity index (χ2n) is 8.52. The molecule has 0 amide bonds. The molecule has 0 unspecified atom stereocenters. The molecule has 33 heavy (non-hydrogen) atoms. The van der Waals surface area contributed by atoms with Crippen molar-refractivity contribution in [2.45, 2.75) is 38.7 Å². The number of methoxy groups -OCH3 is 3. The van der Waals surface area contributed by atoms with Crippen LogP contribution in [0.1, 0.15) is 38.7 Å². The molecule has 0 saturated carbocycles. The number of ether oxygens (including phenoxy) is 3. The second kappa shape index (κ2) is 9.67. The average molecular weight is 454 g/mol. The van der Waals surface area contributed by atoms with Crippen LogP contribution in [0.2, 0.25) is 0 Å². The van der Waals surface area contributed by atoms with Crippen LogP contribution in [0, 0.1) is 5.92 Å². The van der Waals surface area contributed by atoms with E-state index >= 15 is 0 Å². The second-order valence-corrected chi connectivity index (χ2v) is 8.52. The van der Waals surface area contributed by atoms with E-state index < -0.39 is 17.4 Å². The van der Waals surface area contributed by atoms with Gasteiger partial charge in [-0.15, -0.1) is 0 Å². The van der Waals surface area contributed by atoms with Crippen LogP contribution < -0.4 is 19.5 Å². The molecular formula is C26H31NO6. The topological polar surface area (TPSA) is 94.1 Å². The number of aliphatic hydroxyl groups is 1. The summed E-state index contributed by atoms with van der Waals surface area (Å²) in [6.45, 7) is 4.57. The van der Waals surface area contributed by atoms with E-state index in [9.17, 15) is 14.7 Å². The Labute approximate surface area is 194 Å². The molecule has 0 aliphatic heterocycles. The summed E-state index contributed by atoms with van der Waals surface area (Å²) in [6, 6.07) is 12.6. The van der Waals surface area contributed by atoms with E-state index in [1.165, 1.54) is 21.0 Å². The van der Waals surface area contributed by atoms with Gasteiger partial charge in [-0.25, -0.2) is 0 Å². The van der Waals surface area contributed by atoms with E-state index in [-0.39, 0.29) is 18.0 Å². The van der Waals surface area contributed by atoms with Gasteiger partial charge in [0, 0.05) is 29.3 Å². The molecule has 0 heterocycles. The van der Waals surface area contributed by atoms with Gasteiger partial charge in [0.25, 0.3) is 0 Å². The summed E-state index contributed by atoms with van der Waals surface area (Å²) in [5.41, 5.74) is 1.09. The van der Waals surface area contributed by atoms with Gasteiger partial charge in [-0.2, -0.15) is 0 Å². The zero-order chi connectivity index (χ0) is 24.3. The molecule has 0 spiro atoms. The Bertz CT molecular complexity index is 1070. The SMILES string of the molecule is COc1ccc(NC2=C(C(C)=O)[C@H](c3ccc(OC)c(OC)c3)[C@@H](C(C)=O)[C@](C)(O)C2)cc1. The standard InChI is InChI=1S/C26H31NO6/c1-15(28)23-20(27-18-8-10-19(31-4)11-9-18)14-26(3,30)25(16(2)29)24(23)17-7-12-21(32-5)22(13-17)33-6/h7-13,24-25,27,30H,14H2,1-6H3/t24-,25+,26+/m0/s1. The quantitative estimate of drug-likeness (QED) is 0.621. The zero-order valence-electron chi connectivity index (χ0n) is 19.9. The lowest BCUT2D eigenvalue weighted by Gasteiger charge is -2.43. The summed E-state index contributed by atoms with van der Waals surface area (Å²) in [7, 11) is 4.66. The molecule has 7 nitrogen and oxygen atoms in total. The molecule has 1 aliphatic carbocycles. The number of benzene rings is 2. The first-order chi connectivity index (χ1) is 15.6. The van der Waals surface area contributed by atoms with E-state index in [4.69, 9.17) is 14.2 Å². The number of rotatable bonds is 8. The van der Waals surface area contributed by atoms with Crippen molar-refractivity contribution in [2.75, 3.05) is 26.6 Å². The van der Waals surface area contributed by atoms with Gasteiger partial charge in [0.05, 0.1) is 32.8 Å². The minimum absolute atomic E-state index is 0.127. The lowest BCUT2D eigenvalue weighted by Crippen LogP contribution is -2.48. The Morgan fingerprint density at radius 2 is 1.61 bits per heavy atom. The third-order valence-electron chi connectivity index (χ3n) is 6.14. The molecule has 0 saturated heterocycles. The summed E-state index contributed by atoms with van der Waals surface area (Å²) in [6.07, 6.45) is 0.127. The van der Waals surface area contributed by atoms with Crippen LogP contribution in [0.3, 0.4) is 0 Å². The van der Waals surface area contributed by atoms with Crippen molar-refractivity contribution in [1.82, 2.24) is 0 Å². The number of allylic oxidation sites excluding steroid dienone is 1. The summed E-state index contributed by atoms with van der Waals surface area (Å²) >= 11 is 0. The summed E-state index contributed by atoms with van der Waals surface area (Å²) < 4.78 is 16.0. The van der Waals surface area contributed by atoms with Crippen LogP contribution >= 0.6 is 0 Å². The molecule has 7 heteroatoms. The minimum Gasteiger partial charge on any atom is -0.497 e. The molecule has 1 aliphatic rings. The zero-order valence-corrected chi connectivity index (χ0v) is 19.9. The number of nitrogens with one attached hydrogen (secondary N) is 1. The highest BCUT2D eigenvalue weighted by Gasteiger charge is 2.49. The van der Waals surface area contributed by atoms with Gasteiger partial charge >= 0.3 is 0 Å². The molecule has 2 aromatic rings. The van der Waals surface area contributed by atoms with Crippen LogP contribution in [0.5, 0.6) is 17.2 Å². The predicted molar refractivity (Wildman–Crippen MR) is 126 cm³/mol. The van der Waals surface area contributed by atoms with Crippen LogP contribution in [-0.2, 0) is 9.59 Å². The van der Waals surface area contributed by atoms with Crippen LogP contribution in [0.15, 0.2) is 53.7 Å². The molecule has 2 aromatic carbocycles. The van der Waals surface area contributed by atoms with Crippen molar-refractivity contribution in [2.24, 2.45) is 5.92 Å². The third-order valence-corrected chi connectivity index (χ3v) is 6.14. The maximum absolute atomic E-state index is 13.0. The highest BCUT2D eigenvalue weighted by molar-refractivity contribution is 5.98. The Balaban J connectivity index is 2.20. The number of Topliss-reactive ketones (excluding diaryl/α,β-unsaturated/α-hetero) is 2. The van der Waals surface area contributed by atoms with Crippen LogP contribution in [0.25, 0.3) is 0 Å². The number of hydrogen-bond acceptors (Lipinski definition) is 7. The predicted octanol–water partition coefficient (Wildman–Crippen LogP) is 4.11. The summed E-state index contributed by atoms with van der Waals surface area (Å²) in [5.74, 6) is -0.116. The summed E-state index contributed by atoms with van der Waals surface area (Å²) in [5, 5.41) is 14.7. The molecule has 0 aromatic heterocycles. The smallest absolute Gasteiger partial charge is 0.161 e. The minimum atomic E-state index is -1.38. The van der Waals surface area contributed by atoms with Crippen molar-refractivity contribution in [3.05, 3.63) is 59.3 Å². The Hall–Kier alpha value is -3.32. The Morgan fingerprint density at radius 1 is 0.970 bits per heavy atom. The van der Waals surface area contributed by atoms with Crippen molar-refractivity contribution in [3.63, 3.8) is 0 Å². The number of anilines is 1. The fourth-order valence-corrected chi connectivity index (χ4v) is 4.75. The number of ketones is 2. The first-order valence-corrected chi connectivity index (χ1v) is 10.7. The maximum atomic E-state index is 13.0. The monoisotopic (exact) mass is 453 g/mol. The Morgan fingerprint density at radius 3 is 2.12 bits per heavy atom. The molecular weight excluding hydrogens is 422 g/mol. The first kappa shape index (κ1) is 24.3. The maximum Gasteiger partial charge on any atom is 0.161 e. The van der Waals surface area contributed by atoms with Gasteiger partial charge < -0.3 is 24.6 Å². The van der Waals surface area contributed by atoms with Gasteiger partial charge in [0.2, 0.25) is 0 Å². The van der Waals surface area contributed by atoms with Crippen LogP contribution in [-0.4, -0.2) is 43.6 Å². The molecule has 3 rings (SSSR count). The van der Waals surface area contributed by atoms with Crippen molar-refractivity contribution < 1.29 is 28.9 Å². The van der Waals surface area contributed by atoms with E-state index in [0.29, 0.717) is 34.1 Å². The number of carbonyl (C=O) groups is 2. The Kier molecular flexibility index (Phi) is 7.12. The fourth-order valence-electron chi connectivity index (χ4n) is 4.75. The van der Waals surface area contributed by atoms with Crippen molar-refractivity contribution >= 4 is 17.3 Å². The van der Waals surface area contributed by atoms with Gasteiger partial charge in [-0.1, -0.05) is 6.07 Å². The normalized spacial score (nSPS) is 22.5. The average Bonchev–Trinajstić information content (AvgIpc) is 2.77. The highest BCUT2D eigenvalue weighted by Crippen LogP contribution is 2.49. The third kappa shape index (κ3) is 4.88. The number of hydrogen-bond donors (Lipinski definition) is 2. The van der Waals surface area contributed by atoms with Gasteiger partial charge in [0.1, 0.15) is 11.5 Å². The van der Waals surface area contributed by atoms with E-state index in [1.54, 1.807) is 39.3 Å². The van der Waals surface area contributed by atoms with Crippen molar-refractivity contribution in [3.8, 4) is 17.2 Å². The van der Waals surface area contributed by atoms with E-state index in [0.717, 1.165) is 5.69 Å². The number of carbonyl (C=O) groups excluding carboxylic acids is 2. The van der Waals surface area contributed by atoms with E-state index in [1.807, 2.05) is 24.3 Å². The molecule has 0 fully saturated rings. The highest BCUT2D eigenvalue weighted by atomic mass is 16.5. The fraction of sp³-hybridized carbons (Fsp3) is 0.385. The molecule has 176 valence electrons. The lowest BCUT2D eigenvalue weighted by molar-refractivity contribution is -0.131.